The highest BCUT2D eigenvalue weighted by molar-refractivity contribution is 5.69. The molecule has 0 aliphatic carbocycles. The number of ether oxygens (including phenoxy) is 4. The summed E-state index contributed by atoms with van der Waals surface area (Å²) in [5.41, 5.74) is 1.40. The van der Waals surface area contributed by atoms with Crippen LogP contribution in [-0.2, 0) is 20.8 Å². The Balaban J connectivity index is 1.34. The highest BCUT2D eigenvalue weighted by Gasteiger charge is 2.51. The summed E-state index contributed by atoms with van der Waals surface area (Å²) < 4.78 is 36.8. The highest BCUT2D eigenvalue weighted by Crippen LogP contribution is 2.33. The number of hydrogen-bond acceptors (Lipinski definition) is 8. The van der Waals surface area contributed by atoms with E-state index in [1.807, 2.05) is 39.0 Å². The van der Waals surface area contributed by atoms with Gasteiger partial charge in [-0.3, -0.25) is 4.90 Å². The van der Waals surface area contributed by atoms with Crippen molar-refractivity contribution in [2.45, 2.75) is 45.1 Å². The van der Waals surface area contributed by atoms with Crippen LogP contribution >= 0.6 is 0 Å². The summed E-state index contributed by atoms with van der Waals surface area (Å²) in [6.45, 7) is 8.33. The zero-order valence-corrected chi connectivity index (χ0v) is 21.7. The molecule has 2 aliphatic heterocycles. The zero-order valence-electron chi connectivity index (χ0n) is 21.7. The molecule has 10 heteroatoms. The van der Waals surface area contributed by atoms with Crippen molar-refractivity contribution < 1.29 is 28.1 Å². The van der Waals surface area contributed by atoms with E-state index in [0.717, 1.165) is 17.7 Å². The minimum Gasteiger partial charge on any atom is -0.494 e. The Morgan fingerprint density at radius 2 is 2.00 bits per heavy atom. The van der Waals surface area contributed by atoms with Gasteiger partial charge in [-0.2, -0.15) is 5.26 Å². The Morgan fingerprint density at radius 3 is 2.57 bits per heavy atom. The number of aromatic nitrogens is 1. The van der Waals surface area contributed by atoms with Crippen LogP contribution < -0.4 is 9.64 Å². The third kappa shape index (κ3) is 6.67. The number of amides is 1. The fourth-order valence-corrected chi connectivity index (χ4v) is 4.28. The Hall–Kier alpha value is -3.42. The number of carbonyl (C=O) groups excluding carboxylic acids is 1. The summed E-state index contributed by atoms with van der Waals surface area (Å²) >= 11 is 0. The van der Waals surface area contributed by atoms with Gasteiger partial charge in [0.2, 0.25) is 5.79 Å². The maximum Gasteiger partial charge on any atom is 0.410 e. The van der Waals surface area contributed by atoms with Crippen LogP contribution in [0.15, 0.2) is 36.5 Å². The molecule has 1 spiro atoms. The molecule has 0 N–H and O–H groups in total. The van der Waals surface area contributed by atoms with Gasteiger partial charge >= 0.3 is 6.09 Å². The molecule has 2 fully saturated rings. The molecule has 9 nitrogen and oxygen atoms in total. The number of likely N-dealkylation sites (tertiary alicyclic amines) is 1. The van der Waals surface area contributed by atoms with Crippen LogP contribution in [0.4, 0.5) is 14.9 Å². The van der Waals surface area contributed by atoms with Crippen molar-refractivity contribution in [3.63, 3.8) is 0 Å². The van der Waals surface area contributed by atoms with E-state index in [0.29, 0.717) is 45.1 Å². The first kappa shape index (κ1) is 26.6. The molecule has 0 saturated carbocycles. The van der Waals surface area contributed by atoms with E-state index in [4.69, 9.17) is 24.2 Å². The number of methoxy groups -OCH3 is 1. The molecular weight excluding hydrogens is 479 g/mol. The summed E-state index contributed by atoms with van der Waals surface area (Å²) in [6.07, 6.45) is 2.06. The van der Waals surface area contributed by atoms with Gasteiger partial charge in [0.05, 0.1) is 45.3 Å². The number of nitrogens with zero attached hydrogens (tertiary/aromatic N) is 4. The quantitative estimate of drug-likeness (QED) is 0.547. The number of nitriles is 1. The van der Waals surface area contributed by atoms with Gasteiger partial charge in [-0.25, -0.2) is 14.2 Å². The van der Waals surface area contributed by atoms with Crippen molar-refractivity contribution in [1.82, 2.24) is 9.88 Å². The van der Waals surface area contributed by atoms with Crippen molar-refractivity contribution in [3.8, 4) is 11.8 Å². The number of anilines is 1. The average Bonchev–Trinajstić information content (AvgIpc) is 2.84. The van der Waals surface area contributed by atoms with E-state index < -0.39 is 17.2 Å². The van der Waals surface area contributed by atoms with Gasteiger partial charge in [0.1, 0.15) is 17.4 Å². The lowest BCUT2D eigenvalue weighted by Crippen LogP contribution is -2.68. The van der Waals surface area contributed by atoms with Crippen molar-refractivity contribution in [3.05, 3.63) is 53.6 Å². The molecule has 3 heterocycles. The Labute approximate surface area is 216 Å². The second-order valence-corrected chi connectivity index (χ2v) is 10.4. The maximum absolute atomic E-state index is 14.3. The molecule has 0 atom stereocenters. The van der Waals surface area contributed by atoms with E-state index in [1.54, 1.807) is 23.2 Å². The van der Waals surface area contributed by atoms with Crippen LogP contribution in [0.3, 0.4) is 0 Å². The van der Waals surface area contributed by atoms with Gasteiger partial charge in [0.25, 0.3) is 0 Å². The molecule has 1 amide bonds. The van der Waals surface area contributed by atoms with Gasteiger partial charge in [0.15, 0.2) is 11.6 Å². The van der Waals surface area contributed by atoms with Crippen molar-refractivity contribution in [2.24, 2.45) is 5.92 Å². The maximum atomic E-state index is 14.3. The number of carbonyl (C=O) groups is 1. The predicted octanol–water partition coefficient (Wildman–Crippen LogP) is 4.11. The minimum atomic E-state index is -0.759. The molecule has 2 aromatic rings. The van der Waals surface area contributed by atoms with Crippen LogP contribution in [0, 0.1) is 23.1 Å². The minimum absolute atomic E-state index is 0.155. The third-order valence-electron chi connectivity index (χ3n) is 6.30. The molecule has 37 heavy (non-hydrogen) atoms. The first-order valence-electron chi connectivity index (χ1n) is 12.3. The van der Waals surface area contributed by atoms with Crippen LogP contribution in [-0.4, -0.2) is 67.3 Å². The monoisotopic (exact) mass is 512 g/mol. The molecule has 1 aromatic heterocycles. The Kier molecular flexibility index (Phi) is 7.85. The van der Waals surface area contributed by atoms with Crippen LogP contribution in [0.25, 0.3) is 0 Å². The van der Waals surface area contributed by atoms with E-state index in [1.165, 1.54) is 13.2 Å². The number of halogens is 1. The molecule has 0 bridgehead atoms. The van der Waals surface area contributed by atoms with Gasteiger partial charge < -0.3 is 23.8 Å². The van der Waals surface area contributed by atoms with Gasteiger partial charge in [-0.05, 0) is 57.0 Å². The fraction of sp³-hybridized carbons (Fsp3) is 0.519. The van der Waals surface area contributed by atoms with Gasteiger partial charge in [-0.15, -0.1) is 0 Å². The highest BCUT2D eigenvalue weighted by atomic mass is 19.1. The fourth-order valence-electron chi connectivity index (χ4n) is 4.28. The first-order valence-corrected chi connectivity index (χ1v) is 12.3. The zero-order chi connectivity index (χ0) is 26.6. The number of hydrogen-bond donors (Lipinski definition) is 0. The van der Waals surface area contributed by atoms with Crippen LogP contribution in [0.5, 0.6) is 5.75 Å². The second-order valence-electron chi connectivity index (χ2n) is 10.4. The standard InChI is InChI=1S/C27H33FN4O5/c1-26(2,3)37-25(33)32-17-27(18-32)35-15-20(16-36-27)9-10-31(22-7-6-21(12-29)30-13-22)14-19-5-8-24(34-4)23(28)11-19/h5-8,11,13,20H,9-10,14-18H2,1-4H3. The molecule has 2 saturated heterocycles. The van der Waals surface area contributed by atoms with Crippen molar-refractivity contribution >= 4 is 11.8 Å². The Morgan fingerprint density at radius 1 is 1.27 bits per heavy atom. The molecular formula is C27H33FN4O5. The van der Waals surface area contributed by atoms with Crippen LogP contribution in [0.2, 0.25) is 0 Å². The first-order chi connectivity index (χ1) is 17.6. The van der Waals surface area contributed by atoms with Crippen LogP contribution in [0.1, 0.15) is 38.4 Å². The SMILES string of the molecule is COc1ccc(CN(CCC2COC3(CN(C(=O)OC(C)(C)C)C3)OC2)c2ccc(C#N)nc2)cc1F. The topological polar surface area (TPSA) is 97.2 Å². The molecule has 1 aromatic carbocycles. The summed E-state index contributed by atoms with van der Waals surface area (Å²) in [6, 6.07) is 10.4. The summed E-state index contributed by atoms with van der Waals surface area (Å²) in [7, 11) is 1.43. The molecule has 0 radical (unpaired) electrons. The lowest BCUT2D eigenvalue weighted by molar-refractivity contribution is -0.328. The molecule has 0 unspecified atom stereocenters. The number of rotatable bonds is 7. The average molecular weight is 513 g/mol. The third-order valence-corrected chi connectivity index (χ3v) is 6.30. The lowest BCUT2D eigenvalue weighted by atomic mass is 10.0. The van der Waals surface area contributed by atoms with E-state index in [-0.39, 0.29) is 17.8 Å². The normalized spacial score (nSPS) is 17.1. The molecule has 4 rings (SSSR count). The summed E-state index contributed by atoms with van der Waals surface area (Å²) in [5, 5.41) is 9.08. The van der Waals surface area contributed by atoms with Crippen molar-refractivity contribution in [2.75, 3.05) is 44.9 Å². The molecule has 198 valence electrons. The molecule has 2 aliphatic rings. The van der Waals surface area contributed by atoms with E-state index >= 15 is 0 Å². The largest absolute Gasteiger partial charge is 0.494 e. The number of pyridine rings is 1. The lowest BCUT2D eigenvalue weighted by Gasteiger charge is -2.51. The summed E-state index contributed by atoms with van der Waals surface area (Å²) in [4.78, 5) is 20.1. The summed E-state index contributed by atoms with van der Waals surface area (Å²) in [5.74, 6) is -0.826. The van der Waals surface area contributed by atoms with Gasteiger partial charge in [-0.1, -0.05) is 6.07 Å². The second kappa shape index (κ2) is 10.9. The number of benzene rings is 1. The smallest absolute Gasteiger partial charge is 0.410 e. The predicted molar refractivity (Wildman–Crippen MR) is 134 cm³/mol. The van der Waals surface area contributed by atoms with E-state index in [2.05, 4.69) is 9.88 Å². The Bertz CT molecular complexity index is 1130. The van der Waals surface area contributed by atoms with E-state index in [9.17, 15) is 9.18 Å². The van der Waals surface area contributed by atoms with Crippen molar-refractivity contribution in [1.29, 1.82) is 5.26 Å². The van der Waals surface area contributed by atoms with Gasteiger partial charge in [0, 0.05) is 19.0 Å².